The highest BCUT2D eigenvalue weighted by atomic mass is 16.5. The summed E-state index contributed by atoms with van der Waals surface area (Å²) in [7, 11) is 0. The summed E-state index contributed by atoms with van der Waals surface area (Å²) in [6.45, 7) is 15.5. The van der Waals surface area contributed by atoms with Gasteiger partial charge < -0.3 is 10.1 Å². The molecule has 6 nitrogen and oxygen atoms in total. The Labute approximate surface area is 262 Å². The number of benzene rings is 1. The Hall–Kier alpha value is -3.20. The van der Waals surface area contributed by atoms with Crippen LogP contribution in [-0.2, 0) is 20.9 Å². The molecule has 1 N–H and O–H groups in total. The van der Waals surface area contributed by atoms with Gasteiger partial charge in [0.1, 0.15) is 12.7 Å². The number of alkyl carbamates (subject to hydrolysis) is 1. The average molecular weight is 597 g/mol. The molecule has 0 bridgehead atoms. The molecule has 1 aromatic rings. The topological polar surface area (TPSA) is 96.3 Å². The van der Waals surface area contributed by atoms with E-state index in [1.54, 1.807) is 0 Å². The molecule has 3 fully saturated rings. The number of nitrogens with one attached hydrogen (secondary N) is 1. The lowest BCUT2D eigenvalue weighted by Crippen LogP contribution is -2.69. The third-order valence-electron chi connectivity index (χ3n) is 13.4. The smallest absolute Gasteiger partial charge is 0.407 e. The van der Waals surface area contributed by atoms with Crippen LogP contribution in [0.25, 0.3) is 0 Å². The zero-order valence-electron chi connectivity index (χ0n) is 27.5. The average Bonchev–Trinajstić information content (AvgIpc) is 2.96. The third kappa shape index (κ3) is 4.28. The summed E-state index contributed by atoms with van der Waals surface area (Å²) in [5.41, 5.74) is -0.0536. The second-order valence-electron chi connectivity index (χ2n) is 16.6. The molecule has 6 rings (SSSR count). The predicted octanol–water partition coefficient (Wildman–Crippen LogP) is 7.88. The van der Waals surface area contributed by atoms with Crippen molar-refractivity contribution in [1.29, 1.82) is 5.26 Å². The Kier molecular flexibility index (Phi) is 6.93. The maximum atomic E-state index is 14.7. The summed E-state index contributed by atoms with van der Waals surface area (Å²) in [6.07, 6.45) is 9.41. The van der Waals surface area contributed by atoms with Gasteiger partial charge in [0.2, 0.25) is 0 Å². The van der Waals surface area contributed by atoms with E-state index in [0.29, 0.717) is 0 Å². The lowest BCUT2D eigenvalue weighted by atomic mass is 9.35. The van der Waals surface area contributed by atoms with E-state index in [9.17, 15) is 19.6 Å². The number of carbonyl (C=O) groups is 3. The molecule has 0 saturated heterocycles. The van der Waals surface area contributed by atoms with Gasteiger partial charge in [-0.1, -0.05) is 90.4 Å². The van der Waals surface area contributed by atoms with Crippen LogP contribution in [0, 0.1) is 56.2 Å². The third-order valence-corrected chi connectivity index (χ3v) is 13.4. The SMILES string of the molecule is CC1(C)CC[C@]2(NC(=O)OCc3ccccc3)CC[C@]3(C)C(C(=O)C=C4[C@@]5(C)C=C(C#N)C(=O)C(C)(C)[C@@H]5CC[C@]43C)C2C1. The predicted molar refractivity (Wildman–Crippen MR) is 169 cm³/mol. The van der Waals surface area contributed by atoms with Gasteiger partial charge in [0.25, 0.3) is 0 Å². The van der Waals surface area contributed by atoms with Crippen LogP contribution in [-0.4, -0.2) is 23.2 Å². The molecule has 0 spiro atoms. The fourth-order valence-electron chi connectivity index (χ4n) is 10.8. The van der Waals surface area contributed by atoms with E-state index in [1.165, 1.54) is 0 Å². The van der Waals surface area contributed by atoms with Crippen LogP contribution in [0.2, 0.25) is 0 Å². The minimum atomic E-state index is -0.684. The van der Waals surface area contributed by atoms with Crippen molar-refractivity contribution in [2.45, 2.75) is 106 Å². The second kappa shape index (κ2) is 9.90. The first-order chi connectivity index (χ1) is 20.5. The first kappa shape index (κ1) is 30.8. The van der Waals surface area contributed by atoms with Crippen molar-refractivity contribution in [3.8, 4) is 6.07 Å². The number of ether oxygens (including phenoxy) is 1. The van der Waals surface area contributed by atoms with Crippen molar-refractivity contribution in [1.82, 2.24) is 5.32 Å². The monoisotopic (exact) mass is 596 g/mol. The summed E-state index contributed by atoms with van der Waals surface area (Å²) in [5, 5.41) is 13.3. The summed E-state index contributed by atoms with van der Waals surface area (Å²) >= 11 is 0. The second-order valence-corrected chi connectivity index (χ2v) is 16.6. The zero-order valence-corrected chi connectivity index (χ0v) is 27.5. The molecule has 0 aromatic heterocycles. The van der Waals surface area contributed by atoms with Crippen molar-refractivity contribution >= 4 is 17.7 Å². The number of carbonyl (C=O) groups excluding carboxylic acids is 3. The molecule has 1 amide bonds. The van der Waals surface area contributed by atoms with Gasteiger partial charge in [0.05, 0.1) is 5.57 Å². The number of ketones is 2. The van der Waals surface area contributed by atoms with Crippen molar-refractivity contribution in [3.05, 3.63) is 59.2 Å². The van der Waals surface area contributed by atoms with Gasteiger partial charge in [0, 0.05) is 22.3 Å². The van der Waals surface area contributed by atoms with E-state index < -0.39 is 22.5 Å². The highest BCUT2D eigenvalue weighted by Crippen LogP contribution is 2.73. The van der Waals surface area contributed by atoms with Gasteiger partial charge in [-0.2, -0.15) is 5.26 Å². The number of amides is 1. The number of nitrogens with zero attached hydrogens (tertiary/aromatic N) is 1. The van der Waals surface area contributed by atoms with Crippen LogP contribution < -0.4 is 5.32 Å². The molecule has 234 valence electrons. The number of hydrogen-bond acceptors (Lipinski definition) is 5. The molecule has 0 aliphatic heterocycles. The van der Waals surface area contributed by atoms with Gasteiger partial charge in [-0.3, -0.25) is 9.59 Å². The molecule has 5 aliphatic rings. The van der Waals surface area contributed by atoms with Crippen LogP contribution >= 0.6 is 0 Å². The van der Waals surface area contributed by atoms with E-state index in [1.807, 2.05) is 56.3 Å². The first-order valence-corrected chi connectivity index (χ1v) is 16.5. The Morgan fingerprint density at radius 2 is 1.66 bits per heavy atom. The molecule has 0 radical (unpaired) electrons. The van der Waals surface area contributed by atoms with E-state index >= 15 is 0 Å². The molecule has 0 heterocycles. The maximum Gasteiger partial charge on any atom is 0.407 e. The van der Waals surface area contributed by atoms with Gasteiger partial charge in [-0.25, -0.2) is 4.79 Å². The molecular weight excluding hydrogens is 548 g/mol. The number of Topliss-reactive ketones (excluding diaryl/α,β-unsaturated/α-hetero) is 1. The highest BCUT2D eigenvalue weighted by Gasteiger charge is 2.70. The fraction of sp³-hybridized carbons (Fsp3) is 0.632. The minimum absolute atomic E-state index is 0.0171. The van der Waals surface area contributed by atoms with Crippen molar-refractivity contribution in [2.75, 3.05) is 0 Å². The van der Waals surface area contributed by atoms with E-state index in [4.69, 9.17) is 4.74 Å². The zero-order chi connectivity index (χ0) is 31.9. The summed E-state index contributed by atoms with van der Waals surface area (Å²) in [4.78, 5) is 41.3. The molecule has 7 atom stereocenters. The number of fused-ring (bicyclic) bond motifs is 7. The highest BCUT2D eigenvalue weighted by molar-refractivity contribution is 6.04. The van der Waals surface area contributed by atoms with Crippen LogP contribution in [0.4, 0.5) is 4.79 Å². The molecule has 1 aromatic carbocycles. The maximum absolute atomic E-state index is 14.7. The van der Waals surface area contributed by atoms with Crippen molar-refractivity contribution in [3.63, 3.8) is 0 Å². The molecule has 44 heavy (non-hydrogen) atoms. The van der Waals surface area contributed by atoms with E-state index in [2.05, 4.69) is 46.0 Å². The van der Waals surface area contributed by atoms with Crippen molar-refractivity contribution in [2.24, 2.45) is 44.8 Å². The molecule has 6 heteroatoms. The van der Waals surface area contributed by atoms with Gasteiger partial charge in [0.15, 0.2) is 11.6 Å². The van der Waals surface area contributed by atoms with Gasteiger partial charge >= 0.3 is 6.09 Å². The van der Waals surface area contributed by atoms with E-state index in [-0.39, 0.29) is 57.7 Å². The Balaban J connectivity index is 1.39. The molecule has 5 aliphatic carbocycles. The van der Waals surface area contributed by atoms with Crippen LogP contribution in [0.15, 0.2) is 53.6 Å². The van der Waals surface area contributed by atoms with Crippen LogP contribution in [0.3, 0.4) is 0 Å². The lowest BCUT2D eigenvalue weighted by Gasteiger charge is -2.69. The van der Waals surface area contributed by atoms with Gasteiger partial charge in [-0.15, -0.1) is 0 Å². The molecule has 3 saturated carbocycles. The Bertz CT molecular complexity index is 1510. The van der Waals surface area contributed by atoms with Crippen LogP contribution in [0.5, 0.6) is 0 Å². The Morgan fingerprint density at radius 1 is 0.977 bits per heavy atom. The van der Waals surface area contributed by atoms with Crippen LogP contribution in [0.1, 0.15) is 99.0 Å². The normalized spacial score (nSPS) is 40.1. The number of allylic oxidation sites excluding steroid dienone is 4. The molecule has 2 unspecified atom stereocenters. The Morgan fingerprint density at radius 3 is 2.34 bits per heavy atom. The fourth-order valence-corrected chi connectivity index (χ4v) is 10.8. The van der Waals surface area contributed by atoms with Crippen molar-refractivity contribution < 1.29 is 19.1 Å². The minimum Gasteiger partial charge on any atom is -0.445 e. The van der Waals surface area contributed by atoms with E-state index in [0.717, 1.165) is 56.1 Å². The number of nitriles is 1. The summed E-state index contributed by atoms with van der Waals surface area (Å²) in [5.74, 6) is -0.192. The standard InChI is InChI=1S/C38H48N2O4/c1-33(2)15-17-38(40-32(43)44-23-24-11-9-8-10-12-24)18-16-37(7)30(26(38)21-33)27(41)19-29-35(5)20-25(22-39)31(42)34(3,4)28(35)13-14-36(29,37)6/h8-12,19-20,26,28,30H,13-18,21,23H2,1-7H3,(H,40,43)/t26?,28-,30?,35-,36+,37+,38-/m0/s1. The number of rotatable bonds is 3. The number of hydrogen-bond donors (Lipinski definition) is 1. The summed E-state index contributed by atoms with van der Waals surface area (Å²) in [6, 6.07) is 11.9. The van der Waals surface area contributed by atoms with Gasteiger partial charge in [-0.05, 0) is 84.7 Å². The largest absolute Gasteiger partial charge is 0.445 e. The lowest BCUT2D eigenvalue weighted by molar-refractivity contribution is -0.161. The molecular formula is C38H48N2O4. The first-order valence-electron chi connectivity index (χ1n) is 16.5. The quantitative estimate of drug-likeness (QED) is 0.383. The summed E-state index contributed by atoms with van der Waals surface area (Å²) < 4.78 is 5.73.